The maximum absolute atomic E-state index is 12.8. The molecule has 0 aromatic heterocycles. The van der Waals surface area contributed by atoms with E-state index in [1.165, 1.54) is 24.0 Å². The third-order valence-electron chi connectivity index (χ3n) is 5.59. The first-order valence-electron chi connectivity index (χ1n) is 9.93. The molecule has 2 aliphatic rings. The largest absolute Gasteiger partial charge is 0.394 e. The quantitative estimate of drug-likeness (QED) is 0.752. The summed E-state index contributed by atoms with van der Waals surface area (Å²) in [6.45, 7) is 7.05. The molecule has 0 radical (unpaired) electrons. The third-order valence-corrected chi connectivity index (χ3v) is 5.59. The Balaban J connectivity index is 1.79. The molecular weight excluding hydrogens is 324 g/mol. The maximum Gasteiger partial charge on any atom is 0.223 e. The van der Waals surface area contributed by atoms with Crippen molar-refractivity contribution in [3.63, 3.8) is 0 Å². The molecule has 3 rings (SSSR count). The Labute approximate surface area is 157 Å². The van der Waals surface area contributed by atoms with Gasteiger partial charge in [-0.2, -0.15) is 0 Å². The maximum atomic E-state index is 12.8. The molecule has 26 heavy (non-hydrogen) atoms. The van der Waals surface area contributed by atoms with Gasteiger partial charge in [-0.25, -0.2) is 0 Å². The van der Waals surface area contributed by atoms with Gasteiger partial charge in [0, 0.05) is 24.9 Å². The standard InChI is InChI=1S/C22H32N2O2/c1-4-5-16-8-10-18(11-9-16)22-19(13-23-15(2)3)24(20(22)14-25)21(26)12-17-6-7-17/h4-5,8-11,15,17,19-20,22-23,25H,6-7,12-14H2,1-3H3/b5-4+/t19-,20+,22+/m0/s1. The van der Waals surface area contributed by atoms with Gasteiger partial charge in [-0.1, -0.05) is 50.3 Å². The number of aliphatic hydroxyl groups is 1. The van der Waals surface area contributed by atoms with Crippen LogP contribution in [0.15, 0.2) is 30.3 Å². The minimum atomic E-state index is -0.104. The number of likely N-dealkylation sites (tertiary alicyclic amines) is 1. The second kappa shape index (κ2) is 8.36. The van der Waals surface area contributed by atoms with E-state index in [4.69, 9.17) is 0 Å². The molecule has 1 saturated heterocycles. The number of hydrogen-bond donors (Lipinski definition) is 2. The van der Waals surface area contributed by atoms with E-state index in [9.17, 15) is 9.90 Å². The van der Waals surface area contributed by atoms with Crippen LogP contribution >= 0.6 is 0 Å². The highest BCUT2D eigenvalue weighted by Gasteiger charge is 2.51. The molecule has 0 unspecified atom stereocenters. The zero-order chi connectivity index (χ0) is 18.7. The van der Waals surface area contributed by atoms with Crippen molar-refractivity contribution in [2.75, 3.05) is 13.2 Å². The number of allylic oxidation sites excluding steroid dienone is 1. The summed E-state index contributed by atoms with van der Waals surface area (Å²) < 4.78 is 0. The van der Waals surface area contributed by atoms with Gasteiger partial charge in [0.25, 0.3) is 0 Å². The highest BCUT2D eigenvalue weighted by atomic mass is 16.3. The van der Waals surface area contributed by atoms with Crippen LogP contribution in [0.5, 0.6) is 0 Å². The molecule has 1 saturated carbocycles. The van der Waals surface area contributed by atoms with Crippen LogP contribution in [0, 0.1) is 5.92 Å². The first-order valence-corrected chi connectivity index (χ1v) is 9.93. The van der Waals surface area contributed by atoms with Gasteiger partial charge in [0.05, 0.1) is 18.7 Å². The summed E-state index contributed by atoms with van der Waals surface area (Å²) >= 11 is 0. The topological polar surface area (TPSA) is 52.6 Å². The second-order valence-corrected chi connectivity index (χ2v) is 8.02. The second-order valence-electron chi connectivity index (χ2n) is 8.02. The van der Waals surface area contributed by atoms with Crippen molar-refractivity contribution < 1.29 is 9.90 Å². The van der Waals surface area contributed by atoms with Crippen molar-refractivity contribution >= 4 is 12.0 Å². The van der Waals surface area contributed by atoms with Crippen molar-refractivity contribution in [2.24, 2.45) is 5.92 Å². The molecular formula is C22H32N2O2. The van der Waals surface area contributed by atoms with Gasteiger partial charge in [0.1, 0.15) is 0 Å². The molecule has 2 N–H and O–H groups in total. The summed E-state index contributed by atoms with van der Waals surface area (Å²) in [6, 6.07) is 8.92. The molecule has 1 aromatic carbocycles. The van der Waals surface area contributed by atoms with Crippen LogP contribution in [0.1, 0.15) is 57.1 Å². The Kier molecular flexibility index (Phi) is 6.15. The van der Waals surface area contributed by atoms with Gasteiger partial charge in [0.2, 0.25) is 5.91 Å². The van der Waals surface area contributed by atoms with Crippen LogP contribution in [-0.4, -0.2) is 47.2 Å². The third kappa shape index (κ3) is 4.18. The molecule has 4 nitrogen and oxygen atoms in total. The molecule has 142 valence electrons. The summed E-state index contributed by atoms with van der Waals surface area (Å²) in [5.74, 6) is 0.970. The lowest BCUT2D eigenvalue weighted by Crippen LogP contribution is -2.68. The number of carbonyl (C=O) groups is 1. The lowest BCUT2D eigenvalue weighted by molar-refractivity contribution is -0.150. The number of aliphatic hydroxyl groups excluding tert-OH is 1. The van der Waals surface area contributed by atoms with E-state index in [0.717, 1.165) is 6.54 Å². The SMILES string of the molecule is C/C=C/c1ccc([C@H]2[C@@H](CO)N(C(=O)CC3CC3)[C@H]2CNC(C)C)cc1. The highest BCUT2D eigenvalue weighted by Crippen LogP contribution is 2.43. The molecule has 1 heterocycles. The van der Waals surface area contributed by atoms with Gasteiger partial charge >= 0.3 is 0 Å². The molecule has 0 bridgehead atoms. The Morgan fingerprint density at radius 2 is 1.96 bits per heavy atom. The molecule has 0 spiro atoms. The van der Waals surface area contributed by atoms with Gasteiger partial charge in [-0.05, 0) is 36.8 Å². The van der Waals surface area contributed by atoms with Crippen LogP contribution in [0.2, 0.25) is 0 Å². The smallest absolute Gasteiger partial charge is 0.223 e. The predicted octanol–water partition coefficient (Wildman–Crippen LogP) is 3.17. The Hall–Kier alpha value is -1.65. The fourth-order valence-electron chi connectivity index (χ4n) is 4.04. The van der Waals surface area contributed by atoms with Crippen LogP contribution in [-0.2, 0) is 4.79 Å². The lowest BCUT2D eigenvalue weighted by atomic mass is 9.74. The van der Waals surface area contributed by atoms with E-state index in [0.29, 0.717) is 18.4 Å². The van der Waals surface area contributed by atoms with Crippen molar-refractivity contribution in [3.05, 3.63) is 41.5 Å². The number of nitrogens with one attached hydrogen (secondary N) is 1. The number of carbonyl (C=O) groups excluding carboxylic acids is 1. The van der Waals surface area contributed by atoms with Gasteiger partial charge < -0.3 is 15.3 Å². The van der Waals surface area contributed by atoms with Crippen LogP contribution in [0.3, 0.4) is 0 Å². The minimum Gasteiger partial charge on any atom is -0.394 e. The predicted molar refractivity (Wildman–Crippen MR) is 106 cm³/mol. The lowest BCUT2D eigenvalue weighted by Gasteiger charge is -2.55. The molecule has 1 amide bonds. The first kappa shape index (κ1) is 19.1. The van der Waals surface area contributed by atoms with E-state index < -0.39 is 0 Å². The van der Waals surface area contributed by atoms with E-state index in [-0.39, 0.29) is 30.5 Å². The number of benzene rings is 1. The zero-order valence-corrected chi connectivity index (χ0v) is 16.2. The Morgan fingerprint density at radius 1 is 1.27 bits per heavy atom. The zero-order valence-electron chi connectivity index (χ0n) is 16.2. The van der Waals surface area contributed by atoms with Gasteiger partial charge in [-0.3, -0.25) is 4.79 Å². The van der Waals surface area contributed by atoms with Crippen molar-refractivity contribution in [3.8, 4) is 0 Å². The number of amides is 1. The van der Waals surface area contributed by atoms with Crippen molar-refractivity contribution in [2.45, 2.75) is 64.1 Å². The van der Waals surface area contributed by atoms with Gasteiger partial charge in [-0.15, -0.1) is 0 Å². The van der Waals surface area contributed by atoms with Crippen LogP contribution in [0.25, 0.3) is 6.08 Å². The summed E-state index contributed by atoms with van der Waals surface area (Å²) in [5.41, 5.74) is 2.39. The normalized spacial score (nSPS) is 25.7. The number of hydrogen-bond acceptors (Lipinski definition) is 3. The van der Waals surface area contributed by atoms with E-state index >= 15 is 0 Å². The molecule has 3 atom stereocenters. The highest BCUT2D eigenvalue weighted by molar-refractivity contribution is 5.79. The van der Waals surface area contributed by atoms with Crippen molar-refractivity contribution in [1.29, 1.82) is 0 Å². The summed E-state index contributed by atoms with van der Waals surface area (Å²) in [6.07, 6.45) is 7.10. The average Bonchev–Trinajstić information content (AvgIpc) is 3.39. The fraction of sp³-hybridized carbons (Fsp3) is 0.591. The Bertz CT molecular complexity index is 634. The van der Waals surface area contributed by atoms with E-state index in [1.54, 1.807) is 0 Å². The fourth-order valence-corrected chi connectivity index (χ4v) is 4.04. The van der Waals surface area contributed by atoms with Gasteiger partial charge in [0.15, 0.2) is 0 Å². The summed E-state index contributed by atoms with van der Waals surface area (Å²) in [4.78, 5) is 14.8. The molecule has 4 heteroatoms. The molecule has 1 aromatic rings. The van der Waals surface area contributed by atoms with Crippen LogP contribution in [0.4, 0.5) is 0 Å². The average molecular weight is 357 g/mol. The molecule has 2 fully saturated rings. The number of nitrogens with zero attached hydrogens (tertiary/aromatic N) is 1. The first-order chi connectivity index (χ1) is 12.5. The summed E-state index contributed by atoms with van der Waals surface area (Å²) in [7, 11) is 0. The number of rotatable bonds is 8. The van der Waals surface area contributed by atoms with Crippen molar-refractivity contribution in [1.82, 2.24) is 10.2 Å². The molecule has 1 aliphatic heterocycles. The van der Waals surface area contributed by atoms with Crippen LogP contribution < -0.4 is 5.32 Å². The van der Waals surface area contributed by atoms with E-state index in [1.807, 2.05) is 17.9 Å². The van der Waals surface area contributed by atoms with E-state index in [2.05, 4.69) is 49.5 Å². The Morgan fingerprint density at radius 3 is 2.50 bits per heavy atom. The minimum absolute atomic E-state index is 0.0237. The molecule has 1 aliphatic carbocycles. The monoisotopic (exact) mass is 356 g/mol. The summed E-state index contributed by atoms with van der Waals surface area (Å²) in [5, 5.41) is 13.5.